The van der Waals surface area contributed by atoms with Gasteiger partial charge in [0.25, 0.3) is 5.91 Å². The van der Waals surface area contributed by atoms with Crippen LogP contribution < -0.4 is 32.6 Å². The lowest BCUT2D eigenvalue weighted by Crippen LogP contribution is -2.39. The van der Waals surface area contributed by atoms with Crippen molar-refractivity contribution in [3.05, 3.63) is 40.7 Å². The van der Waals surface area contributed by atoms with Crippen LogP contribution in [0.2, 0.25) is 5.15 Å². The number of nitrogen functional groups attached to an aromatic ring is 2. The van der Waals surface area contributed by atoms with Gasteiger partial charge in [0.1, 0.15) is 18.5 Å². The van der Waals surface area contributed by atoms with Gasteiger partial charge >= 0.3 is 0 Å². The molecule has 0 radical (unpaired) electrons. The topological polar surface area (TPSA) is 227 Å². The number of nitrogens with zero attached hydrogens (tertiary/aromatic N) is 3. The number of hydrogen-bond donors (Lipinski definition) is 8. The number of aliphatic hydroxyl groups excluding tert-OH is 3. The van der Waals surface area contributed by atoms with Gasteiger partial charge < -0.3 is 42.6 Å². The van der Waals surface area contributed by atoms with Crippen molar-refractivity contribution in [3.8, 4) is 5.75 Å². The van der Waals surface area contributed by atoms with Crippen LogP contribution in [0.3, 0.4) is 0 Å². The Morgan fingerprint density at radius 1 is 1.11 bits per heavy atom. The summed E-state index contributed by atoms with van der Waals surface area (Å²) in [6.45, 7) is 0.969. The highest BCUT2D eigenvalue weighted by Crippen LogP contribution is 2.17. The van der Waals surface area contributed by atoms with Crippen LogP contribution in [0.5, 0.6) is 5.75 Å². The molecule has 2 atom stereocenters. The van der Waals surface area contributed by atoms with E-state index in [4.69, 9.17) is 38.6 Å². The number of guanidine groups is 1. The van der Waals surface area contributed by atoms with E-state index in [-0.39, 0.29) is 35.0 Å². The maximum atomic E-state index is 12.2. The van der Waals surface area contributed by atoms with Crippen molar-refractivity contribution in [3.63, 3.8) is 0 Å². The molecule has 1 aromatic carbocycles. The number of halogens is 1. The molecule has 13 nitrogen and oxygen atoms in total. The lowest BCUT2D eigenvalue weighted by Gasteiger charge is -2.16. The average Bonchev–Trinajstić information content (AvgIpc) is 2.85. The summed E-state index contributed by atoms with van der Waals surface area (Å²) in [4.78, 5) is 23.9. The second-order valence-corrected chi connectivity index (χ2v) is 8.18. The molecule has 0 saturated carbocycles. The molecule has 0 spiro atoms. The molecule has 0 saturated heterocycles. The monoisotopic (exact) mass is 524 g/mol. The van der Waals surface area contributed by atoms with Crippen molar-refractivity contribution in [2.75, 3.05) is 44.3 Å². The predicted molar refractivity (Wildman–Crippen MR) is 137 cm³/mol. The van der Waals surface area contributed by atoms with E-state index in [2.05, 4.69) is 25.6 Å². The van der Waals surface area contributed by atoms with Crippen molar-refractivity contribution in [2.24, 2.45) is 10.7 Å². The maximum absolute atomic E-state index is 12.2. The average molecular weight is 525 g/mol. The van der Waals surface area contributed by atoms with Crippen molar-refractivity contribution in [1.29, 1.82) is 0 Å². The summed E-state index contributed by atoms with van der Waals surface area (Å²) in [7, 11) is 0. The molecule has 0 unspecified atom stereocenters. The van der Waals surface area contributed by atoms with Crippen molar-refractivity contribution < 1.29 is 24.9 Å². The highest BCUT2D eigenvalue weighted by atomic mass is 35.5. The Kier molecular flexibility index (Phi) is 12.1. The summed E-state index contributed by atoms with van der Waals surface area (Å²) in [6.07, 6.45) is 0.269. The van der Waals surface area contributed by atoms with Gasteiger partial charge in [0, 0.05) is 19.6 Å². The van der Waals surface area contributed by atoms with Crippen LogP contribution >= 0.6 is 11.6 Å². The SMILES string of the molecule is NC(=NCCCCc1ccc(OCCNC[C@@H](O)[C@@H](O)CO)cc1)NC(=O)c1nc(Cl)c(N)nc1N. The lowest BCUT2D eigenvalue weighted by atomic mass is 10.1. The van der Waals surface area contributed by atoms with E-state index < -0.39 is 24.7 Å². The summed E-state index contributed by atoms with van der Waals surface area (Å²) in [5.74, 6) is -0.261. The predicted octanol–water partition coefficient (Wildman–Crippen LogP) is -0.956. The van der Waals surface area contributed by atoms with Crippen molar-refractivity contribution >= 4 is 35.1 Å². The fraction of sp³-hybridized carbons (Fsp3) is 0.455. The molecule has 198 valence electrons. The number of amides is 1. The Balaban J connectivity index is 1.63. The Labute approximate surface area is 213 Å². The number of anilines is 2. The smallest absolute Gasteiger partial charge is 0.280 e. The second kappa shape index (κ2) is 15.0. The number of unbranched alkanes of at least 4 members (excludes halogenated alkanes) is 1. The first-order valence-electron chi connectivity index (χ1n) is 11.3. The number of carbonyl (C=O) groups is 1. The van der Waals surface area contributed by atoms with Crippen LogP contribution in [0, 0.1) is 0 Å². The van der Waals surface area contributed by atoms with Gasteiger partial charge in [0.2, 0.25) is 0 Å². The highest BCUT2D eigenvalue weighted by Gasteiger charge is 2.16. The maximum Gasteiger partial charge on any atom is 0.280 e. The largest absolute Gasteiger partial charge is 0.492 e. The number of rotatable bonds is 14. The number of nitrogens with two attached hydrogens (primary N) is 3. The number of carbonyl (C=O) groups excluding carboxylic acids is 1. The van der Waals surface area contributed by atoms with Gasteiger partial charge in [-0.05, 0) is 37.0 Å². The third-order valence-electron chi connectivity index (χ3n) is 4.97. The van der Waals surface area contributed by atoms with Crippen LogP contribution in [0.15, 0.2) is 29.3 Å². The van der Waals surface area contributed by atoms with Gasteiger partial charge in [0.05, 0.1) is 12.7 Å². The van der Waals surface area contributed by atoms with Gasteiger partial charge in [0.15, 0.2) is 28.4 Å². The van der Waals surface area contributed by atoms with Crippen LogP contribution in [0.25, 0.3) is 0 Å². The molecule has 0 aliphatic carbocycles. The molecular weight excluding hydrogens is 492 g/mol. The number of nitrogens with one attached hydrogen (secondary N) is 2. The molecule has 0 bridgehead atoms. The molecule has 11 N–H and O–H groups in total. The number of aliphatic imine (C=N–C) groups is 1. The van der Waals surface area contributed by atoms with E-state index >= 15 is 0 Å². The van der Waals surface area contributed by atoms with Gasteiger partial charge in [-0.3, -0.25) is 15.1 Å². The molecule has 14 heteroatoms. The summed E-state index contributed by atoms with van der Waals surface area (Å²) < 4.78 is 5.63. The minimum Gasteiger partial charge on any atom is -0.492 e. The quantitative estimate of drug-likeness (QED) is 0.0852. The number of hydrogen-bond acceptors (Lipinski definition) is 11. The molecular formula is C22H33ClN8O5. The zero-order chi connectivity index (χ0) is 26.5. The van der Waals surface area contributed by atoms with E-state index in [0.717, 1.165) is 30.6 Å². The normalized spacial score (nSPS) is 13.3. The van der Waals surface area contributed by atoms with Gasteiger partial charge in [-0.1, -0.05) is 23.7 Å². The molecule has 1 aromatic heterocycles. The first kappa shape index (κ1) is 29.0. The number of ether oxygens (including phenoxy) is 1. The summed E-state index contributed by atoms with van der Waals surface area (Å²) in [6, 6.07) is 7.71. The Morgan fingerprint density at radius 2 is 1.83 bits per heavy atom. The third-order valence-corrected chi connectivity index (χ3v) is 5.25. The Morgan fingerprint density at radius 3 is 2.53 bits per heavy atom. The first-order chi connectivity index (χ1) is 17.2. The van der Waals surface area contributed by atoms with Crippen LogP contribution in [0.1, 0.15) is 28.9 Å². The summed E-state index contributed by atoms with van der Waals surface area (Å²) in [5.41, 5.74) is 17.8. The van der Waals surface area contributed by atoms with E-state index in [1.165, 1.54) is 0 Å². The molecule has 2 aromatic rings. The van der Waals surface area contributed by atoms with Crippen LogP contribution in [-0.4, -0.2) is 82.2 Å². The molecule has 0 aliphatic rings. The van der Waals surface area contributed by atoms with E-state index in [1.807, 2.05) is 24.3 Å². The molecule has 0 fully saturated rings. The van der Waals surface area contributed by atoms with Crippen molar-refractivity contribution in [2.45, 2.75) is 31.5 Å². The fourth-order valence-electron chi connectivity index (χ4n) is 2.97. The zero-order valence-electron chi connectivity index (χ0n) is 19.7. The minimum absolute atomic E-state index is 0.0655. The van der Waals surface area contributed by atoms with Gasteiger partial charge in [-0.2, -0.15) is 0 Å². The summed E-state index contributed by atoms with van der Waals surface area (Å²) in [5, 5.41) is 32.8. The zero-order valence-corrected chi connectivity index (χ0v) is 20.5. The summed E-state index contributed by atoms with van der Waals surface area (Å²) >= 11 is 5.77. The van der Waals surface area contributed by atoms with Crippen LogP contribution in [0.4, 0.5) is 11.6 Å². The Hall–Kier alpha value is -3.23. The van der Waals surface area contributed by atoms with E-state index in [1.54, 1.807) is 0 Å². The number of aliphatic hydroxyl groups is 3. The van der Waals surface area contributed by atoms with Crippen LogP contribution in [-0.2, 0) is 6.42 Å². The lowest BCUT2D eigenvalue weighted by molar-refractivity contribution is -0.0130. The molecule has 1 heterocycles. The number of benzene rings is 1. The highest BCUT2D eigenvalue weighted by molar-refractivity contribution is 6.31. The van der Waals surface area contributed by atoms with Gasteiger partial charge in [-0.15, -0.1) is 0 Å². The fourth-order valence-corrected chi connectivity index (χ4v) is 3.09. The molecule has 0 aliphatic heterocycles. The number of aryl methyl sites for hydroxylation is 1. The third kappa shape index (κ3) is 9.79. The number of aromatic nitrogens is 2. The minimum atomic E-state index is -1.16. The van der Waals surface area contributed by atoms with E-state index in [0.29, 0.717) is 19.7 Å². The molecule has 36 heavy (non-hydrogen) atoms. The molecule has 2 rings (SSSR count). The van der Waals surface area contributed by atoms with E-state index in [9.17, 15) is 15.0 Å². The Bertz CT molecular complexity index is 1010. The second-order valence-electron chi connectivity index (χ2n) is 7.83. The van der Waals surface area contributed by atoms with Gasteiger partial charge in [-0.25, -0.2) is 9.97 Å². The standard InChI is InChI=1S/C22H33ClN8O5/c23-18-20(25)30-19(24)17(29-18)21(35)31-22(26)28-8-2-1-3-13-4-6-14(7-5-13)36-10-9-27-11-15(33)16(34)12-32/h4-7,15-16,27,32-34H,1-3,8-12H2,(H4,24,25,30)(H3,26,28,31,35)/t15-,16+/m1/s1. The molecule has 1 amide bonds. The first-order valence-corrected chi connectivity index (χ1v) is 11.7. The van der Waals surface area contributed by atoms with Crippen molar-refractivity contribution in [1.82, 2.24) is 20.6 Å².